The molecule has 0 aromatic heterocycles. The van der Waals surface area contributed by atoms with Crippen molar-refractivity contribution in [3.63, 3.8) is 0 Å². The van der Waals surface area contributed by atoms with Crippen molar-refractivity contribution >= 4 is 0 Å². The summed E-state index contributed by atoms with van der Waals surface area (Å²) in [5.74, 6) is 2.24. The van der Waals surface area contributed by atoms with E-state index in [9.17, 15) is 0 Å². The Balaban J connectivity index is 3.06. The third-order valence-electron chi connectivity index (χ3n) is 3.44. The van der Waals surface area contributed by atoms with E-state index in [2.05, 4.69) is 79.7 Å². The van der Waals surface area contributed by atoms with E-state index < -0.39 is 0 Å². The molecule has 1 aromatic carbocycles. The highest BCUT2D eigenvalue weighted by molar-refractivity contribution is 5.32. The molecule has 1 aromatic rings. The SMILES string of the molecule is CC(C)CC(c1cccc(OC(C)(C)C)c1)C(C)(C)C. The Morgan fingerprint density at radius 1 is 1.00 bits per heavy atom. The molecule has 0 heterocycles. The lowest BCUT2D eigenvalue weighted by atomic mass is 9.72. The van der Waals surface area contributed by atoms with E-state index in [1.807, 2.05) is 0 Å². The van der Waals surface area contributed by atoms with E-state index in [1.54, 1.807) is 0 Å². The van der Waals surface area contributed by atoms with Crippen LogP contribution in [0.15, 0.2) is 24.3 Å². The van der Waals surface area contributed by atoms with Crippen molar-refractivity contribution in [2.45, 2.75) is 73.3 Å². The summed E-state index contributed by atoms with van der Waals surface area (Å²) >= 11 is 0. The van der Waals surface area contributed by atoms with Crippen molar-refractivity contribution < 1.29 is 4.74 Å². The minimum Gasteiger partial charge on any atom is -0.488 e. The van der Waals surface area contributed by atoms with E-state index in [4.69, 9.17) is 4.74 Å². The zero-order chi connectivity index (χ0) is 15.6. The highest BCUT2D eigenvalue weighted by Crippen LogP contribution is 2.40. The summed E-state index contributed by atoms with van der Waals surface area (Å²) in [6.07, 6.45) is 1.21. The highest BCUT2D eigenvalue weighted by Gasteiger charge is 2.27. The normalized spacial score (nSPS) is 14.4. The van der Waals surface area contributed by atoms with Gasteiger partial charge in [0.25, 0.3) is 0 Å². The Hall–Kier alpha value is -0.980. The number of hydrogen-bond acceptors (Lipinski definition) is 1. The first-order valence-electron chi connectivity index (χ1n) is 7.78. The largest absolute Gasteiger partial charge is 0.488 e. The van der Waals surface area contributed by atoms with Crippen LogP contribution in [0.2, 0.25) is 0 Å². The van der Waals surface area contributed by atoms with Gasteiger partial charge < -0.3 is 4.74 Å². The van der Waals surface area contributed by atoms with E-state index >= 15 is 0 Å². The maximum absolute atomic E-state index is 6.01. The van der Waals surface area contributed by atoms with Gasteiger partial charge in [0.15, 0.2) is 0 Å². The quantitative estimate of drug-likeness (QED) is 0.651. The van der Waals surface area contributed by atoms with E-state index in [0.717, 1.165) is 5.75 Å². The van der Waals surface area contributed by atoms with E-state index in [-0.39, 0.29) is 11.0 Å². The van der Waals surface area contributed by atoms with Gasteiger partial charge in [0.05, 0.1) is 0 Å². The molecule has 0 spiro atoms. The van der Waals surface area contributed by atoms with Crippen LogP contribution in [-0.4, -0.2) is 5.60 Å². The Morgan fingerprint density at radius 2 is 1.60 bits per heavy atom. The second-order valence-corrected chi connectivity index (χ2v) is 8.34. The van der Waals surface area contributed by atoms with Gasteiger partial charge in [-0.1, -0.05) is 46.8 Å². The topological polar surface area (TPSA) is 9.23 Å². The van der Waals surface area contributed by atoms with Crippen LogP contribution in [0.5, 0.6) is 5.75 Å². The standard InChI is InChI=1S/C19H32O/c1-14(2)12-17(18(3,4)5)15-10-9-11-16(13-15)20-19(6,7)8/h9-11,13-14,17H,12H2,1-8H3. The molecule has 0 saturated heterocycles. The van der Waals surface area contributed by atoms with Crippen LogP contribution in [0.25, 0.3) is 0 Å². The molecule has 0 aliphatic rings. The zero-order valence-electron chi connectivity index (χ0n) is 14.6. The molecule has 114 valence electrons. The summed E-state index contributed by atoms with van der Waals surface area (Å²) in [6.45, 7) is 17.9. The van der Waals surface area contributed by atoms with Crippen molar-refractivity contribution in [3.05, 3.63) is 29.8 Å². The second-order valence-electron chi connectivity index (χ2n) is 8.34. The fraction of sp³-hybridized carbons (Fsp3) is 0.684. The lowest BCUT2D eigenvalue weighted by Crippen LogP contribution is -2.23. The van der Waals surface area contributed by atoms with Crippen LogP contribution < -0.4 is 4.74 Å². The first-order chi connectivity index (χ1) is 8.99. The summed E-state index contributed by atoms with van der Waals surface area (Å²) in [4.78, 5) is 0. The van der Waals surface area contributed by atoms with Crippen molar-refractivity contribution in [3.8, 4) is 5.75 Å². The highest BCUT2D eigenvalue weighted by atomic mass is 16.5. The molecule has 0 aliphatic carbocycles. The fourth-order valence-corrected chi connectivity index (χ4v) is 2.61. The molecule has 0 aliphatic heterocycles. The smallest absolute Gasteiger partial charge is 0.120 e. The summed E-state index contributed by atoms with van der Waals surface area (Å²) < 4.78 is 6.01. The molecule has 1 atom stereocenters. The number of ether oxygens (including phenoxy) is 1. The third kappa shape index (κ3) is 5.56. The molecule has 0 fully saturated rings. The average Bonchev–Trinajstić information content (AvgIpc) is 2.22. The maximum Gasteiger partial charge on any atom is 0.120 e. The number of hydrogen-bond donors (Lipinski definition) is 0. The van der Waals surface area contributed by atoms with Crippen LogP contribution in [-0.2, 0) is 0 Å². The molecule has 0 amide bonds. The fourth-order valence-electron chi connectivity index (χ4n) is 2.61. The Bertz CT molecular complexity index is 418. The molecule has 1 unspecified atom stereocenters. The summed E-state index contributed by atoms with van der Waals surface area (Å²) in [6, 6.07) is 8.65. The van der Waals surface area contributed by atoms with Crippen LogP contribution in [0, 0.1) is 11.3 Å². The van der Waals surface area contributed by atoms with E-state index in [1.165, 1.54) is 12.0 Å². The van der Waals surface area contributed by atoms with Gasteiger partial charge in [-0.3, -0.25) is 0 Å². The second kappa shape index (κ2) is 6.20. The summed E-state index contributed by atoms with van der Waals surface area (Å²) in [5, 5.41) is 0. The third-order valence-corrected chi connectivity index (χ3v) is 3.44. The monoisotopic (exact) mass is 276 g/mol. The molecule has 20 heavy (non-hydrogen) atoms. The van der Waals surface area contributed by atoms with Gasteiger partial charge in [-0.05, 0) is 62.1 Å². The van der Waals surface area contributed by atoms with Gasteiger partial charge in [-0.15, -0.1) is 0 Å². The zero-order valence-corrected chi connectivity index (χ0v) is 14.6. The predicted octanol–water partition coefficient (Wildman–Crippen LogP) is 6.04. The van der Waals surface area contributed by atoms with Crippen LogP contribution in [0.1, 0.15) is 73.3 Å². The molecule has 0 radical (unpaired) electrons. The molecule has 1 rings (SSSR count). The van der Waals surface area contributed by atoms with Gasteiger partial charge in [-0.25, -0.2) is 0 Å². The number of rotatable bonds is 4. The lowest BCUT2D eigenvalue weighted by molar-refractivity contribution is 0.130. The number of benzene rings is 1. The molecule has 0 saturated carbocycles. The van der Waals surface area contributed by atoms with Crippen LogP contribution in [0.3, 0.4) is 0 Å². The van der Waals surface area contributed by atoms with Crippen molar-refractivity contribution in [1.82, 2.24) is 0 Å². The minimum atomic E-state index is -0.145. The summed E-state index contributed by atoms with van der Waals surface area (Å²) in [5.41, 5.74) is 1.52. The molecular formula is C19H32O. The van der Waals surface area contributed by atoms with Crippen molar-refractivity contribution in [2.24, 2.45) is 11.3 Å². The summed E-state index contributed by atoms with van der Waals surface area (Å²) in [7, 11) is 0. The molecule has 1 heteroatoms. The van der Waals surface area contributed by atoms with Crippen LogP contribution in [0.4, 0.5) is 0 Å². The molecule has 0 N–H and O–H groups in total. The average molecular weight is 276 g/mol. The molecule has 0 bridgehead atoms. The lowest BCUT2D eigenvalue weighted by Gasteiger charge is -2.33. The molecular weight excluding hydrogens is 244 g/mol. The Kier molecular flexibility index (Phi) is 5.29. The first-order valence-corrected chi connectivity index (χ1v) is 7.78. The predicted molar refractivity (Wildman–Crippen MR) is 88.5 cm³/mol. The van der Waals surface area contributed by atoms with Gasteiger partial charge in [0, 0.05) is 0 Å². The van der Waals surface area contributed by atoms with E-state index in [0.29, 0.717) is 11.8 Å². The Morgan fingerprint density at radius 3 is 2.05 bits per heavy atom. The van der Waals surface area contributed by atoms with Gasteiger partial charge in [0.2, 0.25) is 0 Å². The van der Waals surface area contributed by atoms with Crippen molar-refractivity contribution in [2.75, 3.05) is 0 Å². The van der Waals surface area contributed by atoms with Crippen molar-refractivity contribution in [1.29, 1.82) is 0 Å². The Labute approximate surface area is 125 Å². The van der Waals surface area contributed by atoms with Gasteiger partial charge >= 0.3 is 0 Å². The molecule has 1 nitrogen and oxygen atoms in total. The minimum absolute atomic E-state index is 0.145. The first kappa shape index (κ1) is 17.1. The van der Waals surface area contributed by atoms with Gasteiger partial charge in [0.1, 0.15) is 11.4 Å². The van der Waals surface area contributed by atoms with Gasteiger partial charge in [-0.2, -0.15) is 0 Å². The van der Waals surface area contributed by atoms with Crippen LogP contribution >= 0.6 is 0 Å². The maximum atomic E-state index is 6.01.